The van der Waals surface area contributed by atoms with E-state index < -0.39 is 32.0 Å². The molecule has 0 spiro atoms. The Morgan fingerprint density at radius 2 is 1.69 bits per heavy atom. The largest absolute Gasteiger partial charge is 0.492 e. The number of sulfonamides is 2. The summed E-state index contributed by atoms with van der Waals surface area (Å²) in [6.07, 6.45) is 3.73. The standard InChI is InChI=1S/C23H29Cl2N3O6S2/c1-17(28(35(2,30)31)22-16-18(24)6-11-21(22)25)23(29)26-12-15-34-19-7-9-20(10-8-19)36(32,33)27-13-4-3-5-14-27/h6-11,16-17H,3-5,12-15H2,1-2H3,(H,26,29)/t17-/m1/s1. The molecule has 1 aliphatic heterocycles. The highest BCUT2D eigenvalue weighted by molar-refractivity contribution is 7.92. The van der Waals surface area contributed by atoms with E-state index in [9.17, 15) is 21.6 Å². The fourth-order valence-electron chi connectivity index (χ4n) is 3.89. The lowest BCUT2D eigenvalue weighted by atomic mass is 10.2. The molecule has 2 aromatic rings. The van der Waals surface area contributed by atoms with E-state index in [1.54, 1.807) is 12.1 Å². The van der Waals surface area contributed by atoms with Crippen LogP contribution in [-0.2, 0) is 24.8 Å². The highest BCUT2D eigenvalue weighted by Crippen LogP contribution is 2.32. The van der Waals surface area contributed by atoms with Crippen molar-refractivity contribution in [2.45, 2.75) is 37.1 Å². The van der Waals surface area contributed by atoms with Gasteiger partial charge < -0.3 is 10.1 Å². The first kappa shape index (κ1) is 28.5. The molecule has 1 heterocycles. The fraction of sp³-hybridized carbons (Fsp3) is 0.435. The average molecular weight is 579 g/mol. The quantitative estimate of drug-likeness (QED) is 0.432. The van der Waals surface area contributed by atoms with Gasteiger partial charge in [0, 0.05) is 18.1 Å². The van der Waals surface area contributed by atoms with Crippen LogP contribution in [0.1, 0.15) is 26.2 Å². The van der Waals surface area contributed by atoms with Crippen molar-refractivity contribution in [1.82, 2.24) is 9.62 Å². The van der Waals surface area contributed by atoms with E-state index in [0.717, 1.165) is 29.8 Å². The first-order valence-corrected chi connectivity index (χ1v) is 15.4. The van der Waals surface area contributed by atoms with Gasteiger partial charge in [-0.3, -0.25) is 9.10 Å². The van der Waals surface area contributed by atoms with Crippen molar-refractivity contribution in [2.75, 3.05) is 36.8 Å². The van der Waals surface area contributed by atoms with Gasteiger partial charge >= 0.3 is 0 Å². The summed E-state index contributed by atoms with van der Waals surface area (Å²) >= 11 is 12.2. The maximum Gasteiger partial charge on any atom is 0.243 e. The zero-order chi connectivity index (χ0) is 26.5. The summed E-state index contributed by atoms with van der Waals surface area (Å²) in [5, 5.41) is 3.05. The SMILES string of the molecule is C[C@H](C(=O)NCCOc1ccc(S(=O)(=O)N2CCCCC2)cc1)N(c1cc(Cl)ccc1Cl)S(C)(=O)=O. The molecule has 198 valence electrons. The number of rotatable bonds is 10. The number of nitrogens with zero attached hydrogens (tertiary/aromatic N) is 2. The van der Waals surface area contributed by atoms with Crippen molar-refractivity contribution in [2.24, 2.45) is 0 Å². The molecule has 0 unspecified atom stereocenters. The molecule has 1 N–H and O–H groups in total. The number of nitrogens with one attached hydrogen (secondary N) is 1. The smallest absolute Gasteiger partial charge is 0.243 e. The predicted molar refractivity (Wildman–Crippen MR) is 141 cm³/mol. The number of halogens is 2. The number of ether oxygens (including phenoxy) is 1. The van der Waals surface area contributed by atoms with Crippen LogP contribution in [0, 0.1) is 0 Å². The summed E-state index contributed by atoms with van der Waals surface area (Å²) in [6, 6.07) is 9.38. The Labute approximate surface area is 222 Å². The summed E-state index contributed by atoms with van der Waals surface area (Å²) in [4.78, 5) is 12.9. The maximum absolute atomic E-state index is 12.7. The number of amides is 1. The average Bonchev–Trinajstić information content (AvgIpc) is 2.84. The lowest BCUT2D eigenvalue weighted by molar-refractivity contribution is -0.121. The molecule has 2 aromatic carbocycles. The number of carbonyl (C=O) groups is 1. The van der Waals surface area contributed by atoms with Crippen LogP contribution in [0.2, 0.25) is 10.0 Å². The molecule has 1 amide bonds. The Hall–Kier alpha value is -2.05. The van der Waals surface area contributed by atoms with Gasteiger partial charge in [0.2, 0.25) is 26.0 Å². The molecule has 13 heteroatoms. The van der Waals surface area contributed by atoms with E-state index in [0.29, 0.717) is 18.8 Å². The minimum atomic E-state index is -3.85. The van der Waals surface area contributed by atoms with Crippen molar-refractivity contribution < 1.29 is 26.4 Å². The van der Waals surface area contributed by atoms with Gasteiger partial charge in [0.25, 0.3) is 0 Å². The van der Waals surface area contributed by atoms with Crippen LogP contribution in [0.4, 0.5) is 5.69 Å². The summed E-state index contributed by atoms with van der Waals surface area (Å²) < 4.78 is 58.4. The Balaban J connectivity index is 1.56. The van der Waals surface area contributed by atoms with Crippen molar-refractivity contribution in [1.29, 1.82) is 0 Å². The number of anilines is 1. The van der Waals surface area contributed by atoms with Crippen molar-refractivity contribution in [3.05, 3.63) is 52.5 Å². The van der Waals surface area contributed by atoms with E-state index in [4.69, 9.17) is 27.9 Å². The second-order valence-corrected chi connectivity index (χ2v) is 13.0. The van der Waals surface area contributed by atoms with E-state index in [1.807, 2.05) is 0 Å². The van der Waals surface area contributed by atoms with Gasteiger partial charge in [-0.25, -0.2) is 16.8 Å². The molecule has 0 aliphatic carbocycles. The van der Waals surface area contributed by atoms with Crippen LogP contribution < -0.4 is 14.4 Å². The van der Waals surface area contributed by atoms with E-state index in [1.165, 1.54) is 41.6 Å². The number of benzene rings is 2. The molecule has 0 aromatic heterocycles. The first-order chi connectivity index (χ1) is 16.9. The number of hydrogen-bond donors (Lipinski definition) is 1. The topological polar surface area (TPSA) is 113 Å². The molecule has 0 bridgehead atoms. The zero-order valence-electron chi connectivity index (χ0n) is 20.0. The molecule has 1 saturated heterocycles. The van der Waals surface area contributed by atoms with Crippen LogP contribution in [-0.4, -0.2) is 65.6 Å². The molecule has 1 aliphatic rings. The van der Waals surface area contributed by atoms with Gasteiger partial charge in [0.15, 0.2) is 0 Å². The molecule has 36 heavy (non-hydrogen) atoms. The van der Waals surface area contributed by atoms with E-state index in [-0.39, 0.29) is 33.8 Å². The second kappa shape index (κ2) is 12.0. The summed E-state index contributed by atoms with van der Waals surface area (Å²) in [6.45, 7) is 2.68. The summed E-state index contributed by atoms with van der Waals surface area (Å²) in [5.74, 6) is -0.110. The van der Waals surface area contributed by atoms with Crippen LogP contribution >= 0.6 is 23.2 Å². The molecular weight excluding hydrogens is 549 g/mol. The normalized spacial score (nSPS) is 15.8. The maximum atomic E-state index is 12.7. The molecule has 1 atom stereocenters. The minimum Gasteiger partial charge on any atom is -0.492 e. The Bertz CT molecular complexity index is 1280. The Morgan fingerprint density at radius 3 is 2.31 bits per heavy atom. The molecule has 0 radical (unpaired) electrons. The highest BCUT2D eigenvalue weighted by Gasteiger charge is 2.31. The number of piperidine rings is 1. The lowest BCUT2D eigenvalue weighted by Crippen LogP contribution is -2.48. The van der Waals surface area contributed by atoms with Gasteiger partial charge in [0.05, 0.1) is 28.4 Å². The molecule has 3 rings (SSSR count). The van der Waals surface area contributed by atoms with Gasteiger partial charge in [-0.05, 0) is 62.2 Å². The van der Waals surface area contributed by atoms with Gasteiger partial charge in [-0.15, -0.1) is 0 Å². The first-order valence-electron chi connectivity index (χ1n) is 11.4. The Kier molecular flexibility index (Phi) is 9.50. The van der Waals surface area contributed by atoms with Gasteiger partial charge in [0.1, 0.15) is 18.4 Å². The molecule has 9 nitrogen and oxygen atoms in total. The van der Waals surface area contributed by atoms with Crippen LogP contribution in [0.15, 0.2) is 47.4 Å². The Morgan fingerprint density at radius 1 is 1.06 bits per heavy atom. The second-order valence-electron chi connectivity index (χ2n) is 8.41. The summed E-state index contributed by atoms with van der Waals surface area (Å²) in [5.41, 5.74) is 0.102. The lowest BCUT2D eigenvalue weighted by Gasteiger charge is -2.29. The number of hydrogen-bond acceptors (Lipinski definition) is 6. The minimum absolute atomic E-state index is 0.0908. The predicted octanol–water partition coefficient (Wildman–Crippen LogP) is 3.52. The van der Waals surface area contributed by atoms with Crippen LogP contribution in [0.3, 0.4) is 0 Å². The molecular formula is C23H29Cl2N3O6S2. The van der Waals surface area contributed by atoms with Crippen molar-refractivity contribution in [3.8, 4) is 5.75 Å². The zero-order valence-corrected chi connectivity index (χ0v) is 23.1. The van der Waals surface area contributed by atoms with Crippen LogP contribution in [0.5, 0.6) is 5.75 Å². The third-order valence-corrected chi connectivity index (χ3v) is 9.38. The van der Waals surface area contributed by atoms with Crippen molar-refractivity contribution in [3.63, 3.8) is 0 Å². The van der Waals surface area contributed by atoms with Crippen molar-refractivity contribution >= 4 is 54.8 Å². The number of carbonyl (C=O) groups excluding carboxylic acids is 1. The highest BCUT2D eigenvalue weighted by atomic mass is 35.5. The van der Waals surface area contributed by atoms with Gasteiger partial charge in [-0.1, -0.05) is 29.6 Å². The van der Waals surface area contributed by atoms with E-state index in [2.05, 4.69) is 5.32 Å². The fourth-order valence-corrected chi connectivity index (χ4v) is 7.01. The van der Waals surface area contributed by atoms with E-state index >= 15 is 0 Å². The summed E-state index contributed by atoms with van der Waals surface area (Å²) in [7, 11) is -7.38. The third-order valence-electron chi connectivity index (χ3n) is 5.68. The monoisotopic (exact) mass is 577 g/mol. The molecule has 0 saturated carbocycles. The molecule has 1 fully saturated rings. The van der Waals surface area contributed by atoms with Crippen LogP contribution in [0.25, 0.3) is 0 Å². The van der Waals surface area contributed by atoms with Gasteiger partial charge in [-0.2, -0.15) is 4.31 Å². The third kappa shape index (κ3) is 7.04.